The van der Waals surface area contributed by atoms with Crippen molar-refractivity contribution >= 4 is 22.8 Å². The number of rotatable bonds is 10. The monoisotopic (exact) mass is 599 g/mol. The summed E-state index contributed by atoms with van der Waals surface area (Å²) in [5.41, 5.74) is 0.0316. The fourth-order valence-corrected chi connectivity index (χ4v) is 5.29. The lowest BCUT2D eigenvalue weighted by Gasteiger charge is -2.16. The van der Waals surface area contributed by atoms with Crippen molar-refractivity contribution in [3.8, 4) is 22.8 Å². The van der Waals surface area contributed by atoms with Crippen LogP contribution in [0.5, 0.6) is 11.5 Å². The molecule has 1 aliphatic heterocycles. The van der Waals surface area contributed by atoms with Crippen molar-refractivity contribution in [2.75, 3.05) is 38.7 Å². The number of nitrogens with zero attached hydrogens (tertiary/aromatic N) is 4. The molecule has 2 fully saturated rings. The van der Waals surface area contributed by atoms with Crippen LogP contribution in [-0.2, 0) is 16.6 Å². The van der Waals surface area contributed by atoms with E-state index in [0.717, 1.165) is 25.7 Å². The van der Waals surface area contributed by atoms with Gasteiger partial charge < -0.3 is 19.3 Å². The Bertz CT molecular complexity index is 1650. The molecule has 0 radical (unpaired) electrons. The van der Waals surface area contributed by atoms with Gasteiger partial charge in [0, 0.05) is 30.3 Å². The molecule has 226 valence electrons. The van der Waals surface area contributed by atoms with E-state index in [9.17, 15) is 18.0 Å². The number of nitrogens with one attached hydrogen (secondary N) is 1. The van der Waals surface area contributed by atoms with Crippen LogP contribution in [0.15, 0.2) is 47.1 Å². The summed E-state index contributed by atoms with van der Waals surface area (Å²) in [5, 5.41) is 5.91. The highest BCUT2D eigenvalue weighted by atomic mass is 19.4. The fourth-order valence-electron chi connectivity index (χ4n) is 5.29. The van der Waals surface area contributed by atoms with E-state index in [1.165, 1.54) is 31.2 Å². The van der Waals surface area contributed by atoms with E-state index in [-0.39, 0.29) is 36.4 Å². The van der Waals surface area contributed by atoms with Crippen molar-refractivity contribution in [2.24, 2.45) is 0 Å². The Morgan fingerprint density at radius 1 is 1.09 bits per heavy atom. The quantitative estimate of drug-likeness (QED) is 0.232. The average Bonchev–Trinajstić information content (AvgIpc) is 3.40. The number of halogens is 4. The number of alkyl halides is 3. The lowest BCUT2D eigenvalue weighted by atomic mass is 10.0. The Kier molecular flexibility index (Phi) is 7.67. The largest absolute Gasteiger partial charge is 0.493 e. The van der Waals surface area contributed by atoms with Gasteiger partial charge in [-0.15, -0.1) is 0 Å². The molecule has 0 bridgehead atoms. The van der Waals surface area contributed by atoms with Crippen LogP contribution in [0.3, 0.4) is 0 Å². The molecule has 1 saturated carbocycles. The Hall–Kier alpha value is -4.26. The third kappa shape index (κ3) is 5.99. The summed E-state index contributed by atoms with van der Waals surface area (Å²) in [7, 11) is 1.55. The van der Waals surface area contributed by atoms with Crippen molar-refractivity contribution in [1.29, 1.82) is 0 Å². The van der Waals surface area contributed by atoms with Crippen LogP contribution in [0.1, 0.15) is 37.0 Å². The van der Waals surface area contributed by atoms with Gasteiger partial charge in [0.05, 0.1) is 36.5 Å². The SMILES string of the molecule is COc1cc2nc(-c3ccc(CC(=O)Nc4cc(C5(C(F)(F)F)CC5)on4)c(F)c3)cnc2cc1OCCN1CCCC1. The Labute approximate surface area is 244 Å². The molecule has 2 aliphatic rings. The summed E-state index contributed by atoms with van der Waals surface area (Å²) in [6.45, 7) is 3.52. The molecule has 1 saturated heterocycles. The zero-order valence-corrected chi connectivity index (χ0v) is 23.3. The van der Waals surface area contributed by atoms with Gasteiger partial charge in [-0.05, 0) is 50.4 Å². The van der Waals surface area contributed by atoms with Crippen LogP contribution in [0, 0.1) is 5.82 Å². The third-order valence-electron chi connectivity index (χ3n) is 7.93. The maximum Gasteiger partial charge on any atom is 0.401 e. The molecule has 2 aromatic heterocycles. The molecule has 1 amide bonds. The minimum absolute atomic E-state index is 0.0880. The maximum absolute atomic E-state index is 15.0. The minimum Gasteiger partial charge on any atom is -0.493 e. The van der Waals surface area contributed by atoms with Crippen molar-refractivity contribution in [2.45, 2.75) is 43.7 Å². The van der Waals surface area contributed by atoms with Crippen LogP contribution in [0.4, 0.5) is 23.4 Å². The molecule has 2 aromatic carbocycles. The van der Waals surface area contributed by atoms with Gasteiger partial charge in [-0.2, -0.15) is 13.2 Å². The zero-order chi connectivity index (χ0) is 30.2. The van der Waals surface area contributed by atoms with Gasteiger partial charge in [-0.1, -0.05) is 17.3 Å². The minimum atomic E-state index is -4.47. The number of hydrogen-bond donors (Lipinski definition) is 1. The summed E-state index contributed by atoms with van der Waals surface area (Å²) >= 11 is 0. The van der Waals surface area contributed by atoms with Crippen LogP contribution in [0.2, 0.25) is 0 Å². The van der Waals surface area contributed by atoms with Gasteiger partial charge in [0.1, 0.15) is 17.8 Å². The molecule has 13 heteroatoms. The highest BCUT2D eigenvalue weighted by molar-refractivity contribution is 5.91. The van der Waals surface area contributed by atoms with Gasteiger partial charge in [0.2, 0.25) is 5.91 Å². The number of ether oxygens (including phenoxy) is 2. The Morgan fingerprint density at radius 2 is 1.86 bits per heavy atom. The van der Waals surface area contributed by atoms with E-state index in [1.807, 2.05) is 0 Å². The van der Waals surface area contributed by atoms with E-state index in [4.69, 9.17) is 14.0 Å². The van der Waals surface area contributed by atoms with Crippen molar-refractivity contribution < 1.29 is 36.4 Å². The first kappa shape index (κ1) is 28.8. The summed E-state index contributed by atoms with van der Waals surface area (Å²) in [6, 6.07) is 8.87. The second-order valence-electron chi connectivity index (χ2n) is 10.8. The van der Waals surface area contributed by atoms with Crippen LogP contribution >= 0.6 is 0 Å². The highest BCUT2D eigenvalue weighted by Crippen LogP contribution is 2.59. The van der Waals surface area contributed by atoms with Gasteiger partial charge in [-0.25, -0.2) is 9.37 Å². The molecule has 0 unspecified atom stereocenters. The molecule has 3 heterocycles. The topological polar surface area (TPSA) is 103 Å². The van der Waals surface area contributed by atoms with Gasteiger partial charge in [0.25, 0.3) is 0 Å². The van der Waals surface area contributed by atoms with Gasteiger partial charge in [0.15, 0.2) is 23.1 Å². The smallest absolute Gasteiger partial charge is 0.401 e. The molecule has 0 spiro atoms. The molecule has 43 heavy (non-hydrogen) atoms. The van der Waals surface area contributed by atoms with Gasteiger partial charge >= 0.3 is 6.18 Å². The molecule has 1 aliphatic carbocycles. The molecule has 1 N–H and O–H groups in total. The lowest BCUT2D eigenvalue weighted by molar-refractivity contribution is -0.165. The molecule has 0 atom stereocenters. The second kappa shape index (κ2) is 11.4. The van der Waals surface area contributed by atoms with E-state index in [0.29, 0.717) is 40.4 Å². The Balaban J connectivity index is 1.12. The fraction of sp³-hybridized carbons (Fsp3) is 0.400. The third-order valence-corrected chi connectivity index (χ3v) is 7.93. The number of fused-ring (bicyclic) bond motifs is 1. The summed E-state index contributed by atoms with van der Waals surface area (Å²) < 4.78 is 71.3. The first-order valence-electron chi connectivity index (χ1n) is 14.0. The maximum atomic E-state index is 15.0. The van der Waals surface area contributed by atoms with Crippen molar-refractivity contribution in [3.05, 3.63) is 59.7 Å². The predicted molar refractivity (Wildman–Crippen MR) is 148 cm³/mol. The number of methoxy groups -OCH3 is 1. The summed E-state index contributed by atoms with van der Waals surface area (Å²) in [5.74, 6) is -0.726. The van der Waals surface area contributed by atoms with Crippen molar-refractivity contribution in [1.82, 2.24) is 20.0 Å². The zero-order valence-electron chi connectivity index (χ0n) is 23.3. The van der Waals surface area contributed by atoms with E-state index >= 15 is 4.39 Å². The number of benzene rings is 2. The molecule has 4 aromatic rings. The first-order chi connectivity index (χ1) is 20.6. The predicted octanol–water partition coefficient (Wildman–Crippen LogP) is 5.68. The van der Waals surface area contributed by atoms with E-state index < -0.39 is 23.3 Å². The van der Waals surface area contributed by atoms with E-state index in [2.05, 4.69) is 25.3 Å². The van der Waals surface area contributed by atoms with Crippen LogP contribution < -0.4 is 14.8 Å². The number of hydrogen-bond acceptors (Lipinski definition) is 8. The normalized spacial score (nSPS) is 16.4. The van der Waals surface area contributed by atoms with Crippen molar-refractivity contribution in [3.63, 3.8) is 0 Å². The average molecular weight is 600 g/mol. The molecular weight excluding hydrogens is 570 g/mol. The highest BCUT2D eigenvalue weighted by Gasteiger charge is 2.66. The number of likely N-dealkylation sites (tertiary alicyclic amines) is 1. The van der Waals surface area contributed by atoms with Gasteiger partial charge in [-0.3, -0.25) is 14.7 Å². The number of carbonyl (C=O) groups excluding carboxylic acids is 1. The lowest BCUT2D eigenvalue weighted by Crippen LogP contribution is -2.28. The molecule has 9 nitrogen and oxygen atoms in total. The summed E-state index contributed by atoms with van der Waals surface area (Å²) in [6.07, 6.45) is -1.08. The van der Waals surface area contributed by atoms with Crippen LogP contribution in [-0.4, -0.2) is 65.5 Å². The second-order valence-corrected chi connectivity index (χ2v) is 10.8. The number of aromatic nitrogens is 3. The van der Waals surface area contributed by atoms with Crippen LogP contribution in [0.25, 0.3) is 22.3 Å². The molecule has 6 rings (SSSR count). The van der Waals surface area contributed by atoms with E-state index in [1.54, 1.807) is 25.3 Å². The first-order valence-corrected chi connectivity index (χ1v) is 14.0. The molecular formula is C30H29F4N5O4. The standard InChI is InChI=1S/C30H29F4N5O4/c1-41-24-15-22-21(14-25(24)42-11-10-39-8-2-3-9-39)35-17-23(36-22)19-5-4-18(20(31)12-19)13-28(40)37-27-16-26(43-38-27)29(6-7-29)30(32,33)34/h4-5,12,14-17H,2-3,6-11,13H2,1H3,(H,37,38,40). The Morgan fingerprint density at radius 3 is 2.56 bits per heavy atom. The number of anilines is 1. The number of amides is 1. The summed E-state index contributed by atoms with van der Waals surface area (Å²) in [4.78, 5) is 24.0. The number of carbonyl (C=O) groups is 1.